The molecule has 0 aliphatic carbocycles. The number of nitrogens with one attached hydrogen (secondary N) is 1. The predicted octanol–water partition coefficient (Wildman–Crippen LogP) is 1.57. The van der Waals surface area contributed by atoms with Crippen molar-refractivity contribution in [3.05, 3.63) is 34.3 Å². The second kappa shape index (κ2) is 6.24. The Kier molecular flexibility index (Phi) is 4.38. The Morgan fingerprint density at radius 2 is 2.05 bits per heavy atom. The molecule has 1 N–H and O–H groups in total. The van der Waals surface area contributed by atoms with Crippen LogP contribution < -0.4 is 5.32 Å². The van der Waals surface area contributed by atoms with Gasteiger partial charge in [0.15, 0.2) is 0 Å². The quantitative estimate of drug-likeness (QED) is 0.889. The number of hydrogen-bond donors (Lipinski definition) is 1. The minimum Gasteiger partial charge on any atom is -0.337 e. The van der Waals surface area contributed by atoms with Crippen molar-refractivity contribution in [1.29, 1.82) is 0 Å². The first-order valence-corrected chi connectivity index (χ1v) is 8.03. The van der Waals surface area contributed by atoms with Crippen molar-refractivity contribution in [1.82, 2.24) is 15.1 Å². The third-order valence-electron chi connectivity index (χ3n) is 4.19. The third-order valence-corrected chi connectivity index (χ3v) is 4.68. The van der Waals surface area contributed by atoms with E-state index in [0.717, 1.165) is 55.7 Å². The van der Waals surface area contributed by atoms with Crippen LogP contribution >= 0.6 is 15.9 Å². The number of carbonyl (C=O) groups is 1. The Morgan fingerprint density at radius 3 is 2.80 bits per heavy atom. The summed E-state index contributed by atoms with van der Waals surface area (Å²) >= 11 is 3.43. The molecular formula is C15H20BrN3O. The van der Waals surface area contributed by atoms with E-state index in [0.29, 0.717) is 6.04 Å². The number of likely N-dealkylation sites (tertiary alicyclic amines) is 1. The Labute approximate surface area is 128 Å². The molecule has 1 unspecified atom stereocenters. The molecule has 1 atom stereocenters. The zero-order chi connectivity index (χ0) is 13.9. The smallest absolute Gasteiger partial charge is 0.253 e. The van der Waals surface area contributed by atoms with Gasteiger partial charge in [-0.05, 0) is 24.6 Å². The summed E-state index contributed by atoms with van der Waals surface area (Å²) in [6.07, 6.45) is 1.10. The summed E-state index contributed by atoms with van der Waals surface area (Å²) in [5.41, 5.74) is 0.778. The van der Waals surface area contributed by atoms with Crippen molar-refractivity contribution < 1.29 is 4.79 Å². The number of halogens is 1. The fraction of sp³-hybridized carbons (Fsp3) is 0.533. The van der Waals surface area contributed by atoms with Crippen LogP contribution in [0.15, 0.2) is 28.7 Å². The Hall–Kier alpha value is -0.910. The number of nitrogens with zero attached hydrogens (tertiary/aromatic N) is 2. The topological polar surface area (TPSA) is 35.6 Å². The van der Waals surface area contributed by atoms with E-state index < -0.39 is 0 Å². The summed E-state index contributed by atoms with van der Waals surface area (Å²) in [5.74, 6) is 0.156. The largest absolute Gasteiger partial charge is 0.337 e. The molecule has 4 nitrogen and oxygen atoms in total. The third kappa shape index (κ3) is 3.05. The molecule has 3 rings (SSSR count). The number of piperazine rings is 1. The van der Waals surface area contributed by atoms with Crippen molar-refractivity contribution in [2.45, 2.75) is 12.5 Å². The van der Waals surface area contributed by atoms with Gasteiger partial charge in [-0.25, -0.2) is 0 Å². The molecule has 0 aromatic heterocycles. The molecule has 0 bridgehead atoms. The number of carbonyl (C=O) groups excluding carboxylic acids is 1. The van der Waals surface area contributed by atoms with Crippen molar-refractivity contribution in [3.63, 3.8) is 0 Å². The van der Waals surface area contributed by atoms with Gasteiger partial charge in [0.05, 0.1) is 0 Å². The summed E-state index contributed by atoms with van der Waals surface area (Å²) < 4.78 is 0.959. The summed E-state index contributed by atoms with van der Waals surface area (Å²) in [5, 5.41) is 3.38. The minimum atomic E-state index is 0.156. The zero-order valence-electron chi connectivity index (χ0n) is 11.5. The first kappa shape index (κ1) is 14.0. The minimum absolute atomic E-state index is 0.156. The summed E-state index contributed by atoms with van der Waals surface area (Å²) in [7, 11) is 0. The molecule has 5 heteroatoms. The second-order valence-electron chi connectivity index (χ2n) is 5.49. The van der Waals surface area contributed by atoms with Crippen LogP contribution in [-0.4, -0.2) is 61.0 Å². The van der Waals surface area contributed by atoms with E-state index in [9.17, 15) is 4.79 Å². The van der Waals surface area contributed by atoms with Crippen LogP contribution in [0.1, 0.15) is 16.8 Å². The van der Waals surface area contributed by atoms with Gasteiger partial charge in [0.25, 0.3) is 5.91 Å². The lowest BCUT2D eigenvalue weighted by atomic mass is 10.2. The normalized spacial score (nSPS) is 24.1. The van der Waals surface area contributed by atoms with Crippen LogP contribution in [0.25, 0.3) is 0 Å². The molecule has 0 radical (unpaired) electrons. The van der Waals surface area contributed by atoms with E-state index in [1.807, 2.05) is 29.2 Å². The maximum atomic E-state index is 12.5. The summed E-state index contributed by atoms with van der Waals surface area (Å²) in [6.45, 7) is 6.07. The van der Waals surface area contributed by atoms with Gasteiger partial charge < -0.3 is 10.2 Å². The van der Waals surface area contributed by atoms with Crippen LogP contribution in [-0.2, 0) is 0 Å². The van der Waals surface area contributed by atoms with E-state index in [1.165, 1.54) is 0 Å². The predicted molar refractivity (Wildman–Crippen MR) is 82.9 cm³/mol. The average molecular weight is 338 g/mol. The number of amides is 1. The van der Waals surface area contributed by atoms with Gasteiger partial charge in [-0.15, -0.1) is 0 Å². The molecular weight excluding hydrogens is 318 g/mol. The fourth-order valence-electron chi connectivity index (χ4n) is 3.08. The second-order valence-corrected chi connectivity index (χ2v) is 6.41. The molecule has 2 heterocycles. The van der Waals surface area contributed by atoms with Crippen LogP contribution in [0.2, 0.25) is 0 Å². The van der Waals surface area contributed by atoms with E-state index in [-0.39, 0.29) is 5.91 Å². The SMILES string of the molecule is O=C(c1cccc(Br)c1)N1CCC(N2CCNCC2)C1. The van der Waals surface area contributed by atoms with E-state index >= 15 is 0 Å². The fourth-order valence-corrected chi connectivity index (χ4v) is 3.47. The highest BCUT2D eigenvalue weighted by molar-refractivity contribution is 9.10. The Bertz CT molecular complexity index is 488. The average Bonchev–Trinajstić information content (AvgIpc) is 2.97. The van der Waals surface area contributed by atoms with Gasteiger partial charge in [0, 0.05) is 55.3 Å². The maximum absolute atomic E-state index is 12.5. The first-order chi connectivity index (χ1) is 9.74. The Morgan fingerprint density at radius 1 is 1.25 bits per heavy atom. The molecule has 2 aliphatic heterocycles. The van der Waals surface area contributed by atoms with E-state index in [4.69, 9.17) is 0 Å². The monoisotopic (exact) mass is 337 g/mol. The van der Waals surface area contributed by atoms with Crippen LogP contribution in [0, 0.1) is 0 Å². The van der Waals surface area contributed by atoms with Crippen molar-refractivity contribution in [2.75, 3.05) is 39.3 Å². The maximum Gasteiger partial charge on any atom is 0.253 e. The molecule has 1 aromatic rings. The van der Waals surface area contributed by atoms with Crippen LogP contribution in [0.3, 0.4) is 0 Å². The van der Waals surface area contributed by atoms with Crippen molar-refractivity contribution >= 4 is 21.8 Å². The lowest BCUT2D eigenvalue weighted by molar-refractivity contribution is 0.0773. The van der Waals surface area contributed by atoms with Gasteiger partial charge in [0.2, 0.25) is 0 Å². The molecule has 2 fully saturated rings. The van der Waals surface area contributed by atoms with Gasteiger partial charge in [0.1, 0.15) is 0 Å². The summed E-state index contributed by atoms with van der Waals surface area (Å²) in [4.78, 5) is 17.0. The van der Waals surface area contributed by atoms with Crippen molar-refractivity contribution in [2.24, 2.45) is 0 Å². The molecule has 2 saturated heterocycles. The van der Waals surface area contributed by atoms with Gasteiger partial charge in [-0.1, -0.05) is 22.0 Å². The molecule has 1 aromatic carbocycles. The number of rotatable bonds is 2. The van der Waals surface area contributed by atoms with Crippen LogP contribution in [0.5, 0.6) is 0 Å². The molecule has 20 heavy (non-hydrogen) atoms. The number of hydrogen-bond acceptors (Lipinski definition) is 3. The van der Waals surface area contributed by atoms with E-state index in [1.54, 1.807) is 0 Å². The van der Waals surface area contributed by atoms with Gasteiger partial charge in [-0.2, -0.15) is 0 Å². The van der Waals surface area contributed by atoms with Gasteiger partial charge in [-0.3, -0.25) is 9.69 Å². The summed E-state index contributed by atoms with van der Waals surface area (Å²) in [6, 6.07) is 8.20. The molecule has 0 saturated carbocycles. The lowest BCUT2D eigenvalue weighted by Crippen LogP contribution is -2.49. The molecule has 108 valence electrons. The highest BCUT2D eigenvalue weighted by Gasteiger charge is 2.31. The van der Waals surface area contributed by atoms with Crippen molar-refractivity contribution in [3.8, 4) is 0 Å². The zero-order valence-corrected chi connectivity index (χ0v) is 13.1. The molecule has 1 amide bonds. The molecule has 2 aliphatic rings. The highest BCUT2D eigenvalue weighted by atomic mass is 79.9. The van der Waals surface area contributed by atoms with Gasteiger partial charge >= 0.3 is 0 Å². The lowest BCUT2D eigenvalue weighted by Gasteiger charge is -2.32. The highest BCUT2D eigenvalue weighted by Crippen LogP contribution is 2.20. The number of benzene rings is 1. The first-order valence-electron chi connectivity index (χ1n) is 7.23. The van der Waals surface area contributed by atoms with E-state index in [2.05, 4.69) is 26.1 Å². The molecule has 0 spiro atoms. The van der Waals surface area contributed by atoms with Crippen LogP contribution in [0.4, 0.5) is 0 Å². The Balaban J connectivity index is 1.63. The standard InChI is InChI=1S/C15H20BrN3O/c16-13-3-1-2-12(10-13)15(20)19-7-4-14(11-19)18-8-5-17-6-9-18/h1-3,10,14,17H,4-9,11H2.